The second kappa shape index (κ2) is 8.95. The molecule has 0 spiro atoms. The molecule has 2 atom stereocenters. The topological polar surface area (TPSA) is 142 Å². The first-order valence-corrected chi connectivity index (χ1v) is 11.3. The van der Waals surface area contributed by atoms with E-state index in [2.05, 4.69) is 31.2 Å². The van der Waals surface area contributed by atoms with Crippen molar-refractivity contribution in [2.24, 2.45) is 0 Å². The van der Waals surface area contributed by atoms with Gasteiger partial charge in [-0.05, 0) is 25.6 Å². The zero-order valence-corrected chi connectivity index (χ0v) is 18.8. The Balaban J connectivity index is 1.26. The predicted octanol–water partition coefficient (Wildman–Crippen LogP) is -0.746. The number of carbonyl (C=O) groups excluding carboxylic acids is 4. The van der Waals surface area contributed by atoms with Crippen LogP contribution in [0.4, 0.5) is 5.69 Å². The number of imide groups is 1. The van der Waals surface area contributed by atoms with Gasteiger partial charge < -0.3 is 15.5 Å². The van der Waals surface area contributed by atoms with Crippen LogP contribution in [-0.2, 0) is 27.5 Å². The van der Waals surface area contributed by atoms with Gasteiger partial charge in [-0.15, -0.1) is 5.10 Å². The lowest BCUT2D eigenvalue weighted by atomic mass is 10.0. The molecule has 5 rings (SSSR count). The quantitative estimate of drug-likeness (QED) is 0.489. The lowest BCUT2D eigenvalue weighted by molar-refractivity contribution is -0.137. The van der Waals surface area contributed by atoms with Crippen LogP contribution >= 0.6 is 0 Å². The minimum atomic E-state index is -0.706. The van der Waals surface area contributed by atoms with Gasteiger partial charge in [0, 0.05) is 49.4 Å². The van der Waals surface area contributed by atoms with Gasteiger partial charge in [0.05, 0.1) is 12.2 Å². The summed E-state index contributed by atoms with van der Waals surface area (Å²) in [5.74, 6) is -1.39. The first-order valence-electron chi connectivity index (χ1n) is 11.3. The molecule has 4 heterocycles. The molecular weight excluding hydrogens is 440 g/mol. The van der Waals surface area contributed by atoms with E-state index in [-0.39, 0.29) is 49.7 Å². The van der Waals surface area contributed by atoms with Crippen molar-refractivity contribution < 1.29 is 19.2 Å². The molecule has 0 radical (unpaired) electrons. The molecule has 4 amide bonds. The Morgan fingerprint density at radius 1 is 1.24 bits per heavy atom. The fourth-order valence-corrected chi connectivity index (χ4v) is 4.72. The van der Waals surface area contributed by atoms with Crippen LogP contribution in [0.2, 0.25) is 0 Å². The molecule has 12 nitrogen and oxygen atoms in total. The van der Waals surface area contributed by atoms with Crippen molar-refractivity contribution in [3.8, 4) is 0 Å². The van der Waals surface area contributed by atoms with Crippen molar-refractivity contribution >= 4 is 29.3 Å². The number of benzene rings is 1. The molecule has 2 fully saturated rings. The molecule has 34 heavy (non-hydrogen) atoms. The molecule has 1 aromatic carbocycles. The molecular formula is C22H26N8O4. The van der Waals surface area contributed by atoms with Crippen molar-refractivity contribution in [1.29, 1.82) is 0 Å². The lowest BCUT2D eigenvalue weighted by Crippen LogP contribution is -2.52. The normalized spacial score (nSPS) is 23.1. The van der Waals surface area contributed by atoms with Gasteiger partial charge in [-0.3, -0.25) is 29.4 Å². The molecule has 1 aromatic heterocycles. The number of nitrogens with zero attached hydrogens (tertiary/aromatic N) is 5. The van der Waals surface area contributed by atoms with Crippen molar-refractivity contribution in [2.75, 3.05) is 32.0 Å². The van der Waals surface area contributed by atoms with E-state index in [0.29, 0.717) is 16.8 Å². The predicted molar refractivity (Wildman–Crippen MR) is 119 cm³/mol. The number of rotatable bonds is 5. The van der Waals surface area contributed by atoms with Crippen LogP contribution in [0.25, 0.3) is 0 Å². The summed E-state index contributed by atoms with van der Waals surface area (Å²) in [6, 6.07) is 4.50. The number of anilines is 1. The number of likely N-dealkylation sites (N-methyl/N-ethyl adjacent to an activating group) is 1. The average Bonchev–Trinajstić information content (AvgIpc) is 3.39. The van der Waals surface area contributed by atoms with E-state index in [1.54, 1.807) is 24.4 Å². The van der Waals surface area contributed by atoms with Crippen LogP contribution < -0.4 is 16.0 Å². The van der Waals surface area contributed by atoms with Crippen molar-refractivity contribution in [3.63, 3.8) is 0 Å². The molecule has 2 saturated heterocycles. The van der Waals surface area contributed by atoms with E-state index >= 15 is 0 Å². The summed E-state index contributed by atoms with van der Waals surface area (Å²) in [5, 5.41) is 16.8. The maximum atomic E-state index is 12.9. The van der Waals surface area contributed by atoms with Gasteiger partial charge in [0.2, 0.25) is 17.7 Å². The first kappa shape index (κ1) is 22.2. The molecule has 2 unspecified atom stereocenters. The molecule has 3 N–H and O–H groups in total. The highest BCUT2D eigenvalue weighted by molar-refractivity contribution is 6.06. The zero-order chi connectivity index (χ0) is 23.8. The number of amides is 4. The summed E-state index contributed by atoms with van der Waals surface area (Å²) in [4.78, 5) is 53.1. The number of piperidine rings is 1. The Hall–Kier alpha value is -3.64. The molecule has 2 aromatic rings. The Bertz CT molecular complexity index is 1160. The first-order chi connectivity index (χ1) is 16.4. The van der Waals surface area contributed by atoms with Crippen LogP contribution in [0.3, 0.4) is 0 Å². The average molecular weight is 467 g/mol. The summed E-state index contributed by atoms with van der Waals surface area (Å²) >= 11 is 0. The SMILES string of the molecule is CN1CCNCC1c1cn(CC(=O)Nc2cccc3c2CN(C2CCC(=O)NC2=O)C3=O)nn1. The van der Waals surface area contributed by atoms with Gasteiger partial charge in [0.1, 0.15) is 18.3 Å². The molecule has 3 aliphatic rings. The van der Waals surface area contributed by atoms with E-state index in [1.807, 2.05) is 7.05 Å². The van der Waals surface area contributed by atoms with E-state index < -0.39 is 11.9 Å². The maximum Gasteiger partial charge on any atom is 0.255 e. The summed E-state index contributed by atoms with van der Waals surface area (Å²) in [6.45, 7) is 2.77. The third-order valence-electron chi connectivity index (χ3n) is 6.57. The van der Waals surface area contributed by atoms with Crippen LogP contribution in [0.1, 0.15) is 40.5 Å². The minimum Gasteiger partial charge on any atom is -0.324 e. The Morgan fingerprint density at radius 2 is 2.09 bits per heavy atom. The van der Waals surface area contributed by atoms with Gasteiger partial charge in [-0.25, -0.2) is 4.68 Å². The molecule has 0 bridgehead atoms. The Kier molecular flexibility index (Phi) is 5.84. The second-order valence-corrected chi connectivity index (χ2v) is 8.82. The summed E-state index contributed by atoms with van der Waals surface area (Å²) in [7, 11) is 2.03. The molecule has 0 aliphatic carbocycles. The van der Waals surface area contributed by atoms with Gasteiger partial charge in [0.25, 0.3) is 5.91 Å². The van der Waals surface area contributed by atoms with E-state index in [0.717, 1.165) is 25.3 Å². The number of aromatic nitrogens is 3. The van der Waals surface area contributed by atoms with Crippen molar-refractivity contribution in [3.05, 3.63) is 41.2 Å². The Morgan fingerprint density at radius 3 is 2.88 bits per heavy atom. The third kappa shape index (κ3) is 4.17. The van der Waals surface area contributed by atoms with Crippen molar-refractivity contribution in [2.45, 2.75) is 38.0 Å². The van der Waals surface area contributed by atoms with Crippen LogP contribution in [0, 0.1) is 0 Å². The largest absolute Gasteiger partial charge is 0.324 e. The van der Waals surface area contributed by atoms with Crippen molar-refractivity contribution in [1.82, 2.24) is 35.4 Å². The van der Waals surface area contributed by atoms with Crippen LogP contribution in [0.15, 0.2) is 24.4 Å². The molecule has 12 heteroatoms. The van der Waals surface area contributed by atoms with E-state index in [1.165, 1.54) is 9.58 Å². The summed E-state index contributed by atoms with van der Waals surface area (Å²) < 4.78 is 1.50. The van der Waals surface area contributed by atoms with Gasteiger partial charge >= 0.3 is 0 Å². The number of hydrogen-bond donors (Lipinski definition) is 3. The second-order valence-electron chi connectivity index (χ2n) is 8.82. The summed E-state index contributed by atoms with van der Waals surface area (Å²) in [5.41, 5.74) is 2.41. The summed E-state index contributed by atoms with van der Waals surface area (Å²) in [6.07, 6.45) is 2.25. The highest BCUT2D eigenvalue weighted by Crippen LogP contribution is 2.32. The van der Waals surface area contributed by atoms with Gasteiger partial charge in [-0.2, -0.15) is 0 Å². The number of hydrogen-bond acceptors (Lipinski definition) is 8. The standard InChI is InChI=1S/C22H26N8O4/c1-28-8-7-23-9-18(28)16-11-29(27-26-16)12-20(32)24-15-4-2-3-13-14(15)10-30(22(13)34)17-5-6-19(31)25-21(17)33/h2-4,11,17-18,23H,5-10,12H2,1H3,(H,24,32)(H,25,31,33). The molecule has 3 aliphatic heterocycles. The zero-order valence-electron chi connectivity index (χ0n) is 18.8. The monoisotopic (exact) mass is 466 g/mol. The fraction of sp³-hybridized carbons (Fsp3) is 0.455. The minimum absolute atomic E-state index is 0.0225. The van der Waals surface area contributed by atoms with Crippen LogP contribution in [-0.4, -0.2) is 81.1 Å². The number of nitrogens with one attached hydrogen (secondary N) is 3. The maximum absolute atomic E-state index is 12.9. The van der Waals surface area contributed by atoms with E-state index in [4.69, 9.17) is 0 Å². The fourth-order valence-electron chi connectivity index (χ4n) is 4.72. The van der Waals surface area contributed by atoms with Gasteiger partial charge in [0.15, 0.2) is 0 Å². The number of piperazine rings is 1. The molecule has 0 saturated carbocycles. The lowest BCUT2D eigenvalue weighted by Gasteiger charge is -2.31. The third-order valence-corrected chi connectivity index (χ3v) is 6.57. The highest BCUT2D eigenvalue weighted by atomic mass is 16.2. The Labute approximate surface area is 195 Å². The molecule has 178 valence electrons. The number of carbonyl (C=O) groups is 4. The highest BCUT2D eigenvalue weighted by Gasteiger charge is 2.40. The van der Waals surface area contributed by atoms with Crippen LogP contribution in [0.5, 0.6) is 0 Å². The number of fused-ring (bicyclic) bond motifs is 1. The van der Waals surface area contributed by atoms with Gasteiger partial charge in [-0.1, -0.05) is 11.3 Å². The smallest absolute Gasteiger partial charge is 0.255 e. The van der Waals surface area contributed by atoms with E-state index in [9.17, 15) is 19.2 Å².